The lowest BCUT2D eigenvalue weighted by Crippen LogP contribution is -2.19. The summed E-state index contributed by atoms with van der Waals surface area (Å²) in [5.41, 5.74) is 1.41. The van der Waals surface area contributed by atoms with Crippen molar-refractivity contribution in [3.8, 4) is 11.8 Å². The van der Waals surface area contributed by atoms with Crippen LogP contribution in [0.1, 0.15) is 58.8 Å². The van der Waals surface area contributed by atoms with Gasteiger partial charge in [0.25, 0.3) is 0 Å². The summed E-state index contributed by atoms with van der Waals surface area (Å²) in [6.45, 7) is 3.79. The van der Waals surface area contributed by atoms with Crippen molar-refractivity contribution in [2.75, 3.05) is 0 Å². The lowest BCUT2D eigenvalue weighted by molar-refractivity contribution is -0.137. The molecule has 0 unspecified atom stereocenters. The molecule has 4 nitrogen and oxygen atoms in total. The Kier molecular flexibility index (Phi) is 7.93. The predicted octanol–water partition coefficient (Wildman–Crippen LogP) is 3.54. The summed E-state index contributed by atoms with van der Waals surface area (Å²) in [4.78, 5) is 10.6. The SMILES string of the molecule is CC#CC[C@@H](C)[C@@H](O)/C=C/[C@H]1[C@@H]2C/C(=C/CCCC(=O)O)C[C@@H]2C[C@@H]1O. The molecule has 3 N–H and O–H groups in total. The number of allylic oxidation sites excluding steroid dienone is 2. The molecule has 0 amide bonds. The molecule has 0 aliphatic heterocycles. The molecule has 144 valence electrons. The number of carbonyl (C=O) groups is 1. The molecule has 0 heterocycles. The Morgan fingerprint density at radius 3 is 2.85 bits per heavy atom. The first kappa shape index (κ1) is 20.7. The summed E-state index contributed by atoms with van der Waals surface area (Å²) in [5.74, 6) is 6.25. The van der Waals surface area contributed by atoms with Crippen molar-refractivity contribution in [1.29, 1.82) is 0 Å². The highest BCUT2D eigenvalue weighted by Gasteiger charge is 2.44. The number of unbranched alkanes of at least 4 members (excludes halogenated alkanes) is 1. The molecule has 0 aromatic heterocycles. The summed E-state index contributed by atoms with van der Waals surface area (Å²) >= 11 is 0. The molecule has 2 aliphatic rings. The summed E-state index contributed by atoms with van der Waals surface area (Å²) < 4.78 is 0. The largest absolute Gasteiger partial charge is 0.481 e. The molecule has 2 saturated carbocycles. The van der Waals surface area contributed by atoms with Crippen LogP contribution in [-0.4, -0.2) is 33.5 Å². The van der Waals surface area contributed by atoms with E-state index in [1.54, 1.807) is 6.92 Å². The van der Waals surface area contributed by atoms with E-state index in [4.69, 9.17) is 5.11 Å². The van der Waals surface area contributed by atoms with E-state index in [0.29, 0.717) is 24.7 Å². The van der Waals surface area contributed by atoms with Crippen molar-refractivity contribution in [2.45, 2.75) is 71.0 Å². The Bertz CT molecular complexity index is 595. The van der Waals surface area contributed by atoms with Crippen LogP contribution in [0, 0.1) is 35.5 Å². The Labute approximate surface area is 157 Å². The van der Waals surface area contributed by atoms with Crippen LogP contribution in [-0.2, 0) is 4.79 Å². The van der Waals surface area contributed by atoms with Crippen molar-refractivity contribution >= 4 is 5.97 Å². The standard InChI is InChI=1S/C22H32O4/c1-3-4-7-15(2)20(23)11-10-18-19-13-16(8-5-6-9-22(25)26)12-17(19)14-21(18)24/h8,10-11,15,17-21,23-24H,5-7,9,12-14H2,1-2H3,(H,25,26)/b11-10+,16-8+/t15-,17-,18+,19-,20+,21+/m1/s1. The third kappa shape index (κ3) is 5.72. The van der Waals surface area contributed by atoms with E-state index < -0.39 is 12.1 Å². The van der Waals surface area contributed by atoms with E-state index in [-0.39, 0.29) is 24.4 Å². The summed E-state index contributed by atoms with van der Waals surface area (Å²) in [5, 5.41) is 29.4. The third-order valence-corrected chi connectivity index (χ3v) is 5.85. The van der Waals surface area contributed by atoms with Crippen LogP contribution < -0.4 is 0 Å². The minimum atomic E-state index is -0.738. The topological polar surface area (TPSA) is 77.8 Å². The number of carboxylic acid groups (broad SMARTS) is 1. The number of aliphatic hydroxyl groups is 2. The number of hydrogen-bond acceptors (Lipinski definition) is 3. The average Bonchev–Trinajstić information content (AvgIpc) is 3.10. The minimum Gasteiger partial charge on any atom is -0.481 e. The maximum Gasteiger partial charge on any atom is 0.303 e. The van der Waals surface area contributed by atoms with E-state index in [1.165, 1.54) is 5.57 Å². The number of aliphatic carboxylic acids is 1. The fraction of sp³-hybridized carbons (Fsp3) is 0.682. The number of hydrogen-bond donors (Lipinski definition) is 3. The van der Waals surface area contributed by atoms with Crippen LogP contribution in [0.25, 0.3) is 0 Å². The molecular formula is C22H32O4. The molecule has 0 aromatic carbocycles. The molecule has 26 heavy (non-hydrogen) atoms. The molecule has 0 bridgehead atoms. The van der Waals surface area contributed by atoms with Crippen LogP contribution in [0.4, 0.5) is 0 Å². The molecule has 0 saturated heterocycles. The third-order valence-electron chi connectivity index (χ3n) is 5.85. The Morgan fingerprint density at radius 2 is 2.15 bits per heavy atom. The fourth-order valence-electron chi connectivity index (χ4n) is 4.31. The van der Waals surface area contributed by atoms with E-state index >= 15 is 0 Å². The minimum absolute atomic E-state index is 0.0845. The monoisotopic (exact) mass is 360 g/mol. The van der Waals surface area contributed by atoms with Gasteiger partial charge in [0.1, 0.15) is 0 Å². The summed E-state index contributed by atoms with van der Waals surface area (Å²) in [6.07, 6.45) is 10.4. The summed E-state index contributed by atoms with van der Waals surface area (Å²) in [7, 11) is 0. The van der Waals surface area contributed by atoms with Gasteiger partial charge in [0.2, 0.25) is 0 Å². The first-order valence-electron chi connectivity index (χ1n) is 9.76. The Hall–Kier alpha value is -1.57. The normalized spacial score (nSPS) is 31.6. The highest BCUT2D eigenvalue weighted by molar-refractivity contribution is 5.66. The average molecular weight is 360 g/mol. The molecule has 0 spiro atoms. The molecule has 2 fully saturated rings. The predicted molar refractivity (Wildman–Crippen MR) is 102 cm³/mol. The van der Waals surface area contributed by atoms with Gasteiger partial charge in [0.05, 0.1) is 12.2 Å². The highest BCUT2D eigenvalue weighted by atomic mass is 16.4. The zero-order valence-corrected chi connectivity index (χ0v) is 15.9. The van der Waals surface area contributed by atoms with Crippen molar-refractivity contribution in [3.63, 3.8) is 0 Å². The second kappa shape index (κ2) is 9.94. The van der Waals surface area contributed by atoms with Gasteiger partial charge < -0.3 is 15.3 Å². The van der Waals surface area contributed by atoms with Gasteiger partial charge in [0, 0.05) is 18.8 Å². The van der Waals surface area contributed by atoms with Gasteiger partial charge in [-0.25, -0.2) is 0 Å². The molecular weight excluding hydrogens is 328 g/mol. The molecule has 2 aliphatic carbocycles. The van der Waals surface area contributed by atoms with Gasteiger partial charge in [-0.3, -0.25) is 4.79 Å². The first-order chi connectivity index (χ1) is 12.4. The lowest BCUT2D eigenvalue weighted by Gasteiger charge is -2.19. The Morgan fingerprint density at radius 1 is 1.38 bits per heavy atom. The van der Waals surface area contributed by atoms with Crippen LogP contribution in [0.3, 0.4) is 0 Å². The second-order valence-corrected chi connectivity index (χ2v) is 7.84. The van der Waals surface area contributed by atoms with Crippen molar-refractivity contribution in [1.82, 2.24) is 0 Å². The van der Waals surface area contributed by atoms with Gasteiger partial charge in [-0.1, -0.05) is 30.7 Å². The molecule has 0 radical (unpaired) electrons. The second-order valence-electron chi connectivity index (χ2n) is 7.84. The van der Waals surface area contributed by atoms with Crippen LogP contribution in [0.15, 0.2) is 23.8 Å². The Balaban J connectivity index is 1.89. The van der Waals surface area contributed by atoms with Crippen molar-refractivity contribution in [3.05, 3.63) is 23.8 Å². The number of carboxylic acids is 1. The van der Waals surface area contributed by atoms with Crippen LogP contribution >= 0.6 is 0 Å². The van der Waals surface area contributed by atoms with E-state index in [2.05, 4.69) is 17.9 Å². The maximum atomic E-state index is 10.6. The maximum absolute atomic E-state index is 10.6. The zero-order chi connectivity index (χ0) is 19.1. The highest BCUT2D eigenvalue weighted by Crippen LogP contribution is 2.50. The molecule has 2 rings (SSSR count). The van der Waals surface area contributed by atoms with Gasteiger partial charge in [0.15, 0.2) is 0 Å². The smallest absolute Gasteiger partial charge is 0.303 e. The lowest BCUT2D eigenvalue weighted by atomic mass is 9.89. The van der Waals surface area contributed by atoms with Gasteiger partial charge in [-0.15, -0.1) is 11.8 Å². The van der Waals surface area contributed by atoms with E-state index in [9.17, 15) is 15.0 Å². The van der Waals surface area contributed by atoms with Gasteiger partial charge in [-0.05, 0) is 56.8 Å². The van der Waals surface area contributed by atoms with Crippen molar-refractivity contribution in [2.24, 2.45) is 23.7 Å². The first-order valence-corrected chi connectivity index (χ1v) is 9.76. The van der Waals surface area contributed by atoms with Crippen molar-refractivity contribution < 1.29 is 20.1 Å². The fourth-order valence-corrected chi connectivity index (χ4v) is 4.31. The quantitative estimate of drug-likeness (QED) is 0.351. The number of aliphatic hydroxyl groups excluding tert-OH is 2. The van der Waals surface area contributed by atoms with Gasteiger partial charge >= 0.3 is 5.97 Å². The molecule has 4 heteroatoms. The molecule has 6 atom stereocenters. The molecule has 0 aromatic rings. The van der Waals surface area contributed by atoms with Gasteiger partial charge in [-0.2, -0.15) is 0 Å². The number of fused-ring (bicyclic) bond motifs is 1. The van der Waals surface area contributed by atoms with E-state index in [1.807, 2.05) is 19.1 Å². The van der Waals surface area contributed by atoms with Crippen LogP contribution in [0.2, 0.25) is 0 Å². The summed E-state index contributed by atoms with van der Waals surface area (Å²) in [6, 6.07) is 0. The number of rotatable bonds is 8. The van der Waals surface area contributed by atoms with E-state index in [0.717, 1.165) is 25.7 Å². The van der Waals surface area contributed by atoms with Crippen LogP contribution in [0.5, 0.6) is 0 Å². The zero-order valence-electron chi connectivity index (χ0n) is 15.9.